The molecule has 0 aromatic carbocycles. The van der Waals surface area contributed by atoms with Gasteiger partial charge >= 0.3 is 0 Å². The Bertz CT molecular complexity index is 521. The standard InChI is InChI=1S/C18H28N2O4/c1-3-18(4-2,13-21)12-19-16(22)14-5-8-20(9-6-14)17(23)15-7-10-24-11-15/h7,10-11,14,21H,3-6,8-9,12-13H2,1-2H3,(H,19,22). The monoisotopic (exact) mass is 336 g/mol. The summed E-state index contributed by atoms with van der Waals surface area (Å²) >= 11 is 0. The maximum atomic E-state index is 12.4. The zero-order chi connectivity index (χ0) is 17.6. The van der Waals surface area contributed by atoms with Gasteiger partial charge in [-0.15, -0.1) is 0 Å². The van der Waals surface area contributed by atoms with E-state index in [9.17, 15) is 14.7 Å². The van der Waals surface area contributed by atoms with Crippen LogP contribution in [0.3, 0.4) is 0 Å². The van der Waals surface area contributed by atoms with Crippen LogP contribution in [0.2, 0.25) is 0 Å². The number of rotatable bonds is 7. The van der Waals surface area contributed by atoms with Crippen molar-refractivity contribution in [2.24, 2.45) is 11.3 Å². The predicted molar refractivity (Wildman–Crippen MR) is 90.4 cm³/mol. The van der Waals surface area contributed by atoms with E-state index < -0.39 is 0 Å². The highest BCUT2D eigenvalue weighted by atomic mass is 16.3. The van der Waals surface area contributed by atoms with Gasteiger partial charge in [0.2, 0.25) is 5.91 Å². The van der Waals surface area contributed by atoms with E-state index >= 15 is 0 Å². The average molecular weight is 336 g/mol. The van der Waals surface area contributed by atoms with Crippen LogP contribution in [0.15, 0.2) is 23.0 Å². The summed E-state index contributed by atoms with van der Waals surface area (Å²) in [4.78, 5) is 26.4. The second-order valence-electron chi connectivity index (χ2n) is 6.66. The van der Waals surface area contributed by atoms with Gasteiger partial charge in [0.05, 0.1) is 18.4 Å². The lowest BCUT2D eigenvalue weighted by Gasteiger charge is -2.33. The summed E-state index contributed by atoms with van der Waals surface area (Å²) in [6.45, 7) is 5.81. The van der Waals surface area contributed by atoms with Gasteiger partial charge in [0.15, 0.2) is 0 Å². The third kappa shape index (κ3) is 4.17. The van der Waals surface area contributed by atoms with Gasteiger partial charge in [-0.05, 0) is 31.7 Å². The van der Waals surface area contributed by atoms with Gasteiger partial charge in [-0.1, -0.05) is 13.8 Å². The Kier molecular flexibility index (Phi) is 6.43. The van der Waals surface area contributed by atoms with Gasteiger partial charge in [-0.2, -0.15) is 0 Å². The molecule has 0 bridgehead atoms. The Hall–Kier alpha value is -1.82. The molecule has 0 atom stereocenters. The topological polar surface area (TPSA) is 82.8 Å². The third-order valence-electron chi connectivity index (χ3n) is 5.39. The second kappa shape index (κ2) is 8.33. The molecule has 1 aliphatic rings. The summed E-state index contributed by atoms with van der Waals surface area (Å²) in [5.74, 6) is -0.0764. The van der Waals surface area contributed by atoms with Crippen molar-refractivity contribution in [1.29, 1.82) is 0 Å². The van der Waals surface area contributed by atoms with Gasteiger partial charge in [0.25, 0.3) is 5.91 Å². The number of hydrogen-bond acceptors (Lipinski definition) is 4. The Morgan fingerprint density at radius 3 is 2.50 bits per heavy atom. The summed E-state index contributed by atoms with van der Waals surface area (Å²) in [5.41, 5.74) is 0.324. The zero-order valence-corrected chi connectivity index (χ0v) is 14.6. The highest BCUT2D eigenvalue weighted by Crippen LogP contribution is 2.25. The molecule has 1 aromatic heterocycles. The van der Waals surface area contributed by atoms with Crippen LogP contribution in [0, 0.1) is 11.3 Å². The predicted octanol–water partition coefficient (Wildman–Crippen LogP) is 2.05. The lowest BCUT2D eigenvalue weighted by molar-refractivity contribution is -0.127. The highest BCUT2D eigenvalue weighted by molar-refractivity contribution is 5.94. The van der Waals surface area contributed by atoms with Gasteiger partial charge in [-0.25, -0.2) is 0 Å². The van der Waals surface area contributed by atoms with Gasteiger partial charge < -0.3 is 19.7 Å². The SMILES string of the molecule is CCC(CC)(CO)CNC(=O)C1CCN(C(=O)c2ccoc2)CC1. The number of amides is 2. The van der Waals surface area contributed by atoms with E-state index in [1.54, 1.807) is 11.0 Å². The number of hydrogen-bond donors (Lipinski definition) is 2. The minimum atomic E-state index is -0.229. The van der Waals surface area contributed by atoms with Crippen molar-refractivity contribution in [2.45, 2.75) is 39.5 Å². The number of furan rings is 1. The molecule has 0 unspecified atom stereocenters. The van der Waals surface area contributed by atoms with E-state index in [1.165, 1.54) is 12.5 Å². The Labute approximate surface area is 143 Å². The lowest BCUT2D eigenvalue weighted by Crippen LogP contribution is -2.46. The van der Waals surface area contributed by atoms with Crippen molar-refractivity contribution in [2.75, 3.05) is 26.2 Å². The number of carbonyl (C=O) groups is 2. The molecule has 0 radical (unpaired) electrons. The number of aliphatic hydroxyl groups is 1. The molecule has 24 heavy (non-hydrogen) atoms. The Morgan fingerprint density at radius 1 is 1.33 bits per heavy atom. The highest BCUT2D eigenvalue weighted by Gasteiger charge is 2.30. The fourth-order valence-electron chi connectivity index (χ4n) is 3.11. The molecule has 2 N–H and O–H groups in total. The summed E-state index contributed by atoms with van der Waals surface area (Å²) in [7, 11) is 0. The van der Waals surface area contributed by atoms with Crippen LogP contribution in [0.5, 0.6) is 0 Å². The van der Waals surface area contributed by atoms with Gasteiger partial charge in [0, 0.05) is 31.0 Å². The second-order valence-corrected chi connectivity index (χ2v) is 6.66. The molecule has 1 aromatic rings. The average Bonchev–Trinajstić information content (AvgIpc) is 3.17. The third-order valence-corrected chi connectivity index (χ3v) is 5.39. The molecule has 2 amide bonds. The van der Waals surface area contributed by atoms with E-state index in [2.05, 4.69) is 5.32 Å². The molecule has 2 heterocycles. The summed E-state index contributed by atoms with van der Waals surface area (Å²) in [6, 6.07) is 1.66. The summed E-state index contributed by atoms with van der Waals surface area (Å²) < 4.78 is 4.95. The van der Waals surface area contributed by atoms with Crippen molar-refractivity contribution in [1.82, 2.24) is 10.2 Å². The van der Waals surface area contributed by atoms with Crippen LogP contribution < -0.4 is 5.32 Å². The molecule has 1 fully saturated rings. The largest absolute Gasteiger partial charge is 0.472 e. The Balaban J connectivity index is 1.81. The van der Waals surface area contributed by atoms with Crippen LogP contribution in [0.4, 0.5) is 0 Å². The maximum Gasteiger partial charge on any atom is 0.257 e. The minimum absolute atomic E-state index is 0.0325. The molecule has 1 saturated heterocycles. The number of nitrogens with zero attached hydrogens (tertiary/aromatic N) is 1. The molecule has 0 spiro atoms. The molecule has 0 aliphatic carbocycles. The number of nitrogens with one attached hydrogen (secondary N) is 1. The molecular weight excluding hydrogens is 308 g/mol. The van der Waals surface area contributed by atoms with E-state index in [0.29, 0.717) is 38.0 Å². The minimum Gasteiger partial charge on any atom is -0.472 e. The van der Waals surface area contributed by atoms with Crippen molar-refractivity contribution < 1.29 is 19.1 Å². The zero-order valence-electron chi connectivity index (χ0n) is 14.6. The normalized spacial score (nSPS) is 16.2. The molecule has 1 aliphatic heterocycles. The van der Waals surface area contributed by atoms with Crippen molar-refractivity contribution in [3.63, 3.8) is 0 Å². The van der Waals surface area contributed by atoms with Crippen molar-refractivity contribution in [3.05, 3.63) is 24.2 Å². The maximum absolute atomic E-state index is 12.4. The molecule has 0 saturated carbocycles. The van der Waals surface area contributed by atoms with Gasteiger partial charge in [0.1, 0.15) is 6.26 Å². The first-order valence-electron chi connectivity index (χ1n) is 8.75. The first kappa shape index (κ1) is 18.5. The van der Waals surface area contributed by atoms with Crippen molar-refractivity contribution in [3.8, 4) is 0 Å². The Morgan fingerprint density at radius 2 is 2.00 bits per heavy atom. The van der Waals surface area contributed by atoms with Crippen molar-refractivity contribution >= 4 is 11.8 Å². The first-order valence-corrected chi connectivity index (χ1v) is 8.75. The summed E-state index contributed by atoms with van der Waals surface area (Å²) in [5, 5.41) is 12.6. The van der Waals surface area contributed by atoms with Crippen LogP contribution >= 0.6 is 0 Å². The van der Waals surface area contributed by atoms with E-state index in [4.69, 9.17) is 4.42 Å². The van der Waals surface area contributed by atoms with E-state index in [-0.39, 0.29) is 29.8 Å². The quantitative estimate of drug-likeness (QED) is 0.798. The molecular formula is C18H28N2O4. The number of carbonyl (C=O) groups excluding carboxylic acids is 2. The molecule has 6 heteroatoms. The van der Waals surface area contributed by atoms with Crippen LogP contribution in [0.25, 0.3) is 0 Å². The lowest BCUT2D eigenvalue weighted by atomic mass is 9.83. The van der Waals surface area contributed by atoms with E-state index in [1.807, 2.05) is 13.8 Å². The van der Waals surface area contributed by atoms with Gasteiger partial charge in [-0.3, -0.25) is 9.59 Å². The van der Waals surface area contributed by atoms with Crippen LogP contribution in [0.1, 0.15) is 49.9 Å². The van der Waals surface area contributed by atoms with Crippen LogP contribution in [-0.4, -0.2) is 48.1 Å². The summed E-state index contributed by atoms with van der Waals surface area (Å²) in [6.07, 6.45) is 5.93. The first-order chi connectivity index (χ1) is 11.5. The number of likely N-dealkylation sites (tertiary alicyclic amines) is 1. The number of aliphatic hydroxyl groups excluding tert-OH is 1. The fourth-order valence-corrected chi connectivity index (χ4v) is 3.11. The smallest absolute Gasteiger partial charge is 0.257 e. The van der Waals surface area contributed by atoms with Crippen LogP contribution in [-0.2, 0) is 4.79 Å². The fraction of sp³-hybridized carbons (Fsp3) is 0.667. The van der Waals surface area contributed by atoms with E-state index in [0.717, 1.165) is 12.8 Å². The molecule has 2 rings (SSSR count). The molecule has 6 nitrogen and oxygen atoms in total. The molecule has 134 valence electrons. The number of piperidine rings is 1.